The second-order valence-electron chi connectivity index (χ2n) is 4.67. The van der Waals surface area contributed by atoms with Gasteiger partial charge in [0.1, 0.15) is 6.07 Å². The van der Waals surface area contributed by atoms with Crippen molar-refractivity contribution in [2.45, 2.75) is 26.2 Å². The van der Waals surface area contributed by atoms with Crippen LogP contribution in [0.3, 0.4) is 0 Å². The van der Waals surface area contributed by atoms with Gasteiger partial charge >= 0.3 is 5.69 Å². The highest BCUT2D eigenvalue weighted by molar-refractivity contribution is 5.58. The molecule has 1 aromatic heterocycles. The zero-order valence-electron chi connectivity index (χ0n) is 10.1. The zero-order valence-corrected chi connectivity index (χ0v) is 10.1. The molecule has 0 aromatic carbocycles. The largest absolute Gasteiger partial charge is 0.364 e. The van der Waals surface area contributed by atoms with Crippen molar-refractivity contribution in [2.24, 2.45) is 5.41 Å². The van der Waals surface area contributed by atoms with Crippen molar-refractivity contribution in [1.29, 1.82) is 5.26 Å². The molecule has 0 radical (unpaired) electrons. The highest BCUT2D eigenvalue weighted by atomic mass is 16.6. The molecule has 2 rings (SSSR count). The van der Waals surface area contributed by atoms with Gasteiger partial charge in [-0.15, -0.1) is 0 Å². The molecule has 0 saturated heterocycles. The highest BCUT2D eigenvalue weighted by Crippen LogP contribution is 2.48. The molecule has 18 heavy (non-hydrogen) atoms. The third-order valence-electron chi connectivity index (χ3n) is 3.53. The third-order valence-corrected chi connectivity index (χ3v) is 3.53. The Labute approximate surface area is 105 Å². The van der Waals surface area contributed by atoms with Crippen LogP contribution in [0, 0.1) is 26.9 Å². The molecule has 1 fully saturated rings. The SMILES string of the molecule is CCC1(CNc2ncc(C#N)cc2[N+](=O)[O-])CC1. The Morgan fingerprint density at radius 3 is 2.89 bits per heavy atom. The first-order valence-corrected chi connectivity index (χ1v) is 5.89. The van der Waals surface area contributed by atoms with Crippen LogP contribution in [0.5, 0.6) is 0 Å². The number of nitrogens with one attached hydrogen (secondary N) is 1. The molecule has 0 aliphatic heterocycles. The number of anilines is 1. The van der Waals surface area contributed by atoms with Crippen LogP contribution in [0.4, 0.5) is 11.5 Å². The lowest BCUT2D eigenvalue weighted by atomic mass is 10.0. The standard InChI is InChI=1S/C12H14N4O2/c1-2-12(3-4-12)8-15-11-10(16(17)18)5-9(6-13)7-14-11/h5,7H,2-4,8H2,1H3,(H,14,15). The minimum Gasteiger partial charge on any atom is -0.364 e. The van der Waals surface area contributed by atoms with E-state index in [1.807, 2.05) is 6.07 Å². The molecule has 6 nitrogen and oxygen atoms in total. The number of rotatable bonds is 5. The lowest BCUT2D eigenvalue weighted by Crippen LogP contribution is -2.16. The van der Waals surface area contributed by atoms with Gasteiger partial charge in [-0.05, 0) is 24.7 Å². The first-order valence-electron chi connectivity index (χ1n) is 5.89. The summed E-state index contributed by atoms with van der Waals surface area (Å²) in [6.45, 7) is 2.82. The molecule has 1 aliphatic rings. The Bertz CT molecular complexity index is 517. The van der Waals surface area contributed by atoms with Crippen molar-refractivity contribution in [3.8, 4) is 6.07 Å². The Morgan fingerprint density at radius 1 is 1.67 bits per heavy atom. The average molecular weight is 246 g/mol. The van der Waals surface area contributed by atoms with Crippen LogP contribution in [0.1, 0.15) is 31.7 Å². The Morgan fingerprint density at radius 2 is 2.39 bits per heavy atom. The molecular formula is C12H14N4O2. The first kappa shape index (κ1) is 12.3. The minimum absolute atomic E-state index is 0.138. The van der Waals surface area contributed by atoms with Gasteiger partial charge in [-0.3, -0.25) is 10.1 Å². The van der Waals surface area contributed by atoms with E-state index in [0.29, 0.717) is 6.54 Å². The van der Waals surface area contributed by atoms with Gasteiger partial charge in [0.15, 0.2) is 0 Å². The van der Waals surface area contributed by atoms with E-state index in [1.54, 1.807) is 0 Å². The van der Waals surface area contributed by atoms with Gasteiger partial charge in [0.25, 0.3) is 0 Å². The average Bonchev–Trinajstić information content (AvgIpc) is 3.16. The molecule has 0 spiro atoms. The van der Waals surface area contributed by atoms with Gasteiger partial charge < -0.3 is 5.32 Å². The number of nitriles is 1. The van der Waals surface area contributed by atoms with Crippen molar-refractivity contribution < 1.29 is 4.92 Å². The summed E-state index contributed by atoms with van der Waals surface area (Å²) >= 11 is 0. The van der Waals surface area contributed by atoms with E-state index < -0.39 is 4.92 Å². The first-order chi connectivity index (χ1) is 8.60. The number of aromatic nitrogens is 1. The molecule has 1 N–H and O–H groups in total. The van der Waals surface area contributed by atoms with E-state index in [1.165, 1.54) is 12.3 Å². The zero-order chi connectivity index (χ0) is 13.2. The van der Waals surface area contributed by atoms with Gasteiger partial charge in [-0.1, -0.05) is 6.92 Å². The maximum atomic E-state index is 10.9. The molecule has 1 heterocycles. The molecule has 0 atom stereocenters. The number of hydrogen-bond donors (Lipinski definition) is 1. The Hall–Kier alpha value is -2.16. The van der Waals surface area contributed by atoms with Gasteiger partial charge in [0.2, 0.25) is 5.82 Å². The van der Waals surface area contributed by atoms with Crippen LogP contribution in [-0.4, -0.2) is 16.5 Å². The highest BCUT2D eigenvalue weighted by Gasteiger charge is 2.40. The quantitative estimate of drug-likeness (QED) is 0.636. The van der Waals surface area contributed by atoms with Crippen LogP contribution >= 0.6 is 0 Å². The number of nitro groups is 1. The summed E-state index contributed by atoms with van der Waals surface area (Å²) in [6, 6.07) is 3.10. The molecule has 1 saturated carbocycles. The van der Waals surface area contributed by atoms with E-state index in [9.17, 15) is 10.1 Å². The third kappa shape index (κ3) is 2.40. The maximum Gasteiger partial charge on any atom is 0.312 e. The minimum atomic E-state index is -0.512. The monoisotopic (exact) mass is 246 g/mol. The Balaban J connectivity index is 2.17. The van der Waals surface area contributed by atoms with Crippen LogP contribution in [-0.2, 0) is 0 Å². The smallest absolute Gasteiger partial charge is 0.312 e. The van der Waals surface area contributed by atoms with E-state index in [2.05, 4.69) is 17.2 Å². The van der Waals surface area contributed by atoms with Gasteiger partial charge in [-0.2, -0.15) is 5.26 Å². The fourth-order valence-electron chi connectivity index (χ4n) is 1.89. The summed E-state index contributed by atoms with van der Waals surface area (Å²) in [5.74, 6) is 0.249. The summed E-state index contributed by atoms with van der Waals surface area (Å²) < 4.78 is 0. The molecule has 1 aliphatic carbocycles. The van der Waals surface area contributed by atoms with E-state index in [-0.39, 0.29) is 22.5 Å². The molecule has 0 bridgehead atoms. The second kappa shape index (κ2) is 4.61. The summed E-state index contributed by atoms with van der Waals surface area (Å²) in [5.41, 5.74) is 0.341. The number of nitrogens with zero attached hydrogens (tertiary/aromatic N) is 3. The predicted octanol–water partition coefficient (Wildman–Crippen LogP) is 2.46. The van der Waals surface area contributed by atoms with E-state index in [4.69, 9.17) is 5.26 Å². The van der Waals surface area contributed by atoms with Gasteiger partial charge in [-0.25, -0.2) is 4.98 Å². The molecule has 1 aromatic rings. The van der Waals surface area contributed by atoms with Crippen molar-refractivity contribution in [2.75, 3.05) is 11.9 Å². The van der Waals surface area contributed by atoms with E-state index >= 15 is 0 Å². The lowest BCUT2D eigenvalue weighted by molar-refractivity contribution is -0.384. The number of pyridine rings is 1. The molecule has 0 amide bonds. The van der Waals surface area contributed by atoms with Crippen molar-refractivity contribution in [3.05, 3.63) is 27.9 Å². The molecule has 94 valence electrons. The van der Waals surface area contributed by atoms with Crippen LogP contribution in [0.15, 0.2) is 12.3 Å². The normalized spacial score (nSPS) is 15.8. The molecule has 6 heteroatoms. The topological polar surface area (TPSA) is 91.8 Å². The van der Waals surface area contributed by atoms with E-state index in [0.717, 1.165) is 19.3 Å². The predicted molar refractivity (Wildman–Crippen MR) is 66.1 cm³/mol. The van der Waals surface area contributed by atoms with Crippen molar-refractivity contribution in [1.82, 2.24) is 4.98 Å². The summed E-state index contributed by atoms with van der Waals surface area (Å²) in [4.78, 5) is 14.4. The molecular weight excluding hydrogens is 232 g/mol. The number of hydrogen-bond acceptors (Lipinski definition) is 5. The van der Waals surface area contributed by atoms with Gasteiger partial charge in [0, 0.05) is 18.8 Å². The fourth-order valence-corrected chi connectivity index (χ4v) is 1.89. The van der Waals surface area contributed by atoms with Crippen molar-refractivity contribution >= 4 is 11.5 Å². The van der Waals surface area contributed by atoms with Crippen LogP contribution in [0.2, 0.25) is 0 Å². The lowest BCUT2D eigenvalue weighted by Gasteiger charge is -2.13. The summed E-state index contributed by atoms with van der Waals surface area (Å²) in [5, 5.41) is 22.7. The van der Waals surface area contributed by atoms with Crippen molar-refractivity contribution in [3.63, 3.8) is 0 Å². The Kier molecular flexibility index (Phi) is 3.15. The van der Waals surface area contributed by atoms with Crippen LogP contribution < -0.4 is 5.32 Å². The maximum absolute atomic E-state index is 10.9. The summed E-state index contributed by atoms with van der Waals surface area (Å²) in [7, 11) is 0. The van der Waals surface area contributed by atoms with Gasteiger partial charge in [0.05, 0.1) is 10.5 Å². The fraction of sp³-hybridized carbons (Fsp3) is 0.500. The summed E-state index contributed by atoms with van der Waals surface area (Å²) in [6.07, 6.45) is 4.71. The van der Waals surface area contributed by atoms with Crippen LogP contribution in [0.25, 0.3) is 0 Å². The second-order valence-corrected chi connectivity index (χ2v) is 4.67. The molecule has 0 unspecified atom stereocenters.